The Morgan fingerprint density at radius 1 is 1.70 bits per heavy atom. The molecule has 0 unspecified atom stereocenters. The van der Waals surface area contributed by atoms with E-state index in [2.05, 4.69) is 4.98 Å². The predicted molar refractivity (Wildman–Crippen MR) is 42.1 cm³/mol. The van der Waals surface area contributed by atoms with Gasteiger partial charge < -0.3 is 5.73 Å². The summed E-state index contributed by atoms with van der Waals surface area (Å²) in [5.41, 5.74) is 7.36. The molecule has 0 amide bonds. The number of hydrogen-bond donors (Lipinski definition) is 1. The van der Waals surface area contributed by atoms with Crippen LogP contribution in [0.25, 0.3) is 5.70 Å². The second kappa shape index (κ2) is 3.01. The van der Waals surface area contributed by atoms with Gasteiger partial charge in [-0.3, -0.25) is 4.98 Å². The van der Waals surface area contributed by atoms with Crippen LogP contribution < -0.4 is 5.73 Å². The first-order valence-corrected chi connectivity index (χ1v) is 3.17. The van der Waals surface area contributed by atoms with Crippen molar-refractivity contribution in [2.24, 2.45) is 5.73 Å². The molecule has 0 aromatic carbocycles. The standard InChI is InChI=1S/C8H10N2/c1-2-8(9)7-4-3-5-10-6-7/h2-6H,9H2,1H3/b8-2+. The van der Waals surface area contributed by atoms with E-state index < -0.39 is 0 Å². The van der Waals surface area contributed by atoms with Gasteiger partial charge in [0.2, 0.25) is 0 Å². The van der Waals surface area contributed by atoms with Gasteiger partial charge in [-0.2, -0.15) is 0 Å². The maximum Gasteiger partial charge on any atom is 0.0360 e. The van der Waals surface area contributed by atoms with E-state index in [-0.39, 0.29) is 0 Å². The van der Waals surface area contributed by atoms with Crippen molar-refractivity contribution in [1.29, 1.82) is 0 Å². The number of hydrogen-bond acceptors (Lipinski definition) is 2. The highest BCUT2D eigenvalue weighted by Crippen LogP contribution is 2.04. The Balaban J connectivity index is 2.96. The second-order valence-electron chi connectivity index (χ2n) is 1.99. The third-order valence-corrected chi connectivity index (χ3v) is 1.31. The van der Waals surface area contributed by atoms with Crippen molar-refractivity contribution in [2.45, 2.75) is 6.92 Å². The molecule has 1 aromatic heterocycles. The number of nitrogens with two attached hydrogens (primary N) is 1. The molecule has 0 atom stereocenters. The van der Waals surface area contributed by atoms with Gasteiger partial charge in [0.1, 0.15) is 0 Å². The van der Waals surface area contributed by atoms with E-state index in [0.29, 0.717) is 0 Å². The Hall–Kier alpha value is -1.31. The number of nitrogens with zero attached hydrogens (tertiary/aromatic N) is 1. The molecule has 0 fully saturated rings. The Morgan fingerprint density at radius 2 is 2.50 bits per heavy atom. The molecule has 0 saturated heterocycles. The van der Waals surface area contributed by atoms with Gasteiger partial charge >= 0.3 is 0 Å². The lowest BCUT2D eigenvalue weighted by atomic mass is 10.2. The summed E-state index contributed by atoms with van der Waals surface area (Å²) >= 11 is 0. The fourth-order valence-corrected chi connectivity index (χ4v) is 0.700. The lowest BCUT2D eigenvalue weighted by molar-refractivity contribution is 1.30. The molecule has 1 rings (SSSR count). The lowest BCUT2D eigenvalue weighted by Crippen LogP contribution is -1.94. The van der Waals surface area contributed by atoms with Crippen LogP contribution in [0.3, 0.4) is 0 Å². The molecule has 0 aliphatic rings. The molecular formula is C8H10N2. The Bertz CT molecular complexity index is 226. The first-order valence-electron chi connectivity index (χ1n) is 3.17. The zero-order valence-corrected chi connectivity index (χ0v) is 5.91. The average molecular weight is 134 g/mol. The van der Waals surface area contributed by atoms with Gasteiger partial charge in [-0.15, -0.1) is 0 Å². The van der Waals surface area contributed by atoms with Crippen LogP contribution in [-0.2, 0) is 0 Å². The normalized spacial score (nSPS) is 11.5. The first kappa shape index (κ1) is 6.81. The first-order chi connectivity index (χ1) is 4.84. The zero-order valence-electron chi connectivity index (χ0n) is 5.91. The summed E-state index contributed by atoms with van der Waals surface area (Å²) in [5.74, 6) is 0. The van der Waals surface area contributed by atoms with Gasteiger partial charge in [0.15, 0.2) is 0 Å². The van der Waals surface area contributed by atoms with Crippen LogP contribution in [0.2, 0.25) is 0 Å². The number of aromatic nitrogens is 1. The molecule has 2 N–H and O–H groups in total. The summed E-state index contributed by atoms with van der Waals surface area (Å²) < 4.78 is 0. The molecule has 52 valence electrons. The van der Waals surface area contributed by atoms with Crippen LogP contribution >= 0.6 is 0 Å². The third-order valence-electron chi connectivity index (χ3n) is 1.31. The quantitative estimate of drug-likeness (QED) is 0.630. The second-order valence-corrected chi connectivity index (χ2v) is 1.99. The number of allylic oxidation sites excluding steroid dienone is 1. The highest BCUT2D eigenvalue weighted by atomic mass is 14.6. The molecule has 0 saturated carbocycles. The Kier molecular flexibility index (Phi) is 2.05. The van der Waals surface area contributed by atoms with Gasteiger partial charge in [-0.05, 0) is 19.1 Å². The minimum atomic E-state index is 0.771. The van der Waals surface area contributed by atoms with E-state index in [1.54, 1.807) is 12.4 Å². The molecule has 0 aliphatic carbocycles. The van der Waals surface area contributed by atoms with E-state index in [0.717, 1.165) is 11.3 Å². The van der Waals surface area contributed by atoms with Crippen LogP contribution in [0, 0.1) is 0 Å². The van der Waals surface area contributed by atoms with E-state index in [1.807, 2.05) is 25.1 Å². The molecule has 0 bridgehead atoms. The van der Waals surface area contributed by atoms with E-state index in [1.165, 1.54) is 0 Å². The van der Waals surface area contributed by atoms with Gasteiger partial charge in [0, 0.05) is 23.7 Å². The summed E-state index contributed by atoms with van der Waals surface area (Å²) in [4.78, 5) is 3.93. The van der Waals surface area contributed by atoms with E-state index in [9.17, 15) is 0 Å². The molecule has 1 aromatic rings. The number of pyridine rings is 1. The molecule has 2 nitrogen and oxygen atoms in total. The van der Waals surface area contributed by atoms with Crippen molar-refractivity contribution in [3.8, 4) is 0 Å². The fourth-order valence-electron chi connectivity index (χ4n) is 0.700. The van der Waals surface area contributed by atoms with Gasteiger partial charge in [-0.25, -0.2) is 0 Å². The van der Waals surface area contributed by atoms with Crippen molar-refractivity contribution in [3.05, 3.63) is 36.2 Å². The van der Waals surface area contributed by atoms with Crippen molar-refractivity contribution in [2.75, 3.05) is 0 Å². The van der Waals surface area contributed by atoms with Crippen LogP contribution in [-0.4, -0.2) is 4.98 Å². The Labute approximate surface area is 60.4 Å². The smallest absolute Gasteiger partial charge is 0.0360 e. The molecule has 0 aliphatic heterocycles. The van der Waals surface area contributed by atoms with Crippen LogP contribution in [0.1, 0.15) is 12.5 Å². The monoisotopic (exact) mass is 134 g/mol. The minimum Gasteiger partial charge on any atom is -0.398 e. The van der Waals surface area contributed by atoms with Crippen molar-refractivity contribution in [1.82, 2.24) is 4.98 Å². The summed E-state index contributed by atoms with van der Waals surface area (Å²) in [6, 6.07) is 3.80. The fraction of sp³-hybridized carbons (Fsp3) is 0.125. The topological polar surface area (TPSA) is 38.9 Å². The average Bonchev–Trinajstić information content (AvgIpc) is 2.05. The molecule has 2 heteroatoms. The van der Waals surface area contributed by atoms with Gasteiger partial charge in [0.05, 0.1) is 0 Å². The minimum absolute atomic E-state index is 0.771. The lowest BCUT2D eigenvalue weighted by Gasteiger charge is -1.96. The highest BCUT2D eigenvalue weighted by molar-refractivity contribution is 5.60. The SMILES string of the molecule is C/C=C(/N)c1cccnc1. The highest BCUT2D eigenvalue weighted by Gasteiger charge is 1.90. The maximum absolute atomic E-state index is 5.62. The third kappa shape index (κ3) is 1.35. The van der Waals surface area contributed by atoms with Gasteiger partial charge in [0.25, 0.3) is 0 Å². The molecule has 0 spiro atoms. The maximum atomic E-state index is 5.62. The van der Waals surface area contributed by atoms with Crippen molar-refractivity contribution < 1.29 is 0 Å². The molecular weight excluding hydrogens is 124 g/mol. The zero-order chi connectivity index (χ0) is 7.40. The Morgan fingerprint density at radius 3 is 3.00 bits per heavy atom. The summed E-state index contributed by atoms with van der Waals surface area (Å²) in [6.45, 7) is 1.91. The molecule has 10 heavy (non-hydrogen) atoms. The van der Waals surface area contributed by atoms with Crippen LogP contribution in [0.15, 0.2) is 30.6 Å². The van der Waals surface area contributed by atoms with Crippen LogP contribution in [0.4, 0.5) is 0 Å². The van der Waals surface area contributed by atoms with Crippen LogP contribution in [0.5, 0.6) is 0 Å². The van der Waals surface area contributed by atoms with E-state index >= 15 is 0 Å². The van der Waals surface area contributed by atoms with Crippen molar-refractivity contribution >= 4 is 5.70 Å². The summed E-state index contributed by atoms with van der Waals surface area (Å²) in [6.07, 6.45) is 5.33. The summed E-state index contributed by atoms with van der Waals surface area (Å²) in [5, 5.41) is 0. The van der Waals surface area contributed by atoms with E-state index in [4.69, 9.17) is 5.73 Å². The molecule has 1 heterocycles. The number of rotatable bonds is 1. The largest absolute Gasteiger partial charge is 0.398 e. The predicted octanol–water partition coefficient (Wildman–Crippen LogP) is 1.40. The molecule has 0 radical (unpaired) electrons. The summed E-state index contributed by atoms with van der Waals surface area (Å²) in [7, 11) is 0. The van der Waals surface area contributed by atoms with Gasteiger partial charge in [-0.1, -0.05) is 6.08 Å². The van der Waals surface area contributed by atoms with Crippen molar-refractivity contribution in [3.63, 3.8) is 0 Å².